The van der Waals surface area contributed by atoms with E-state index in [1.54, 1.807) is 7.11 Å². The van der Waals surface area contributed by atoms with Crippen LogP contribution in [0, 0.1) is 0 Å². The van der Waals surface area contributed by atoms with Crippen molar-refractivity contribution in [3.8, 4) is 0 Å². The fourth-order valence-electron chi connectivity index (χ4n) is 2.78. The van der Waals surface area contributed by atoms with Crippen molar-refractivity contribution in [2.45, 2.75) is 12.8 Å². The van der Waals surface area contributed by atoms with Crippen LogP contribution in [0.2, 0.25) is 0 Å². The summed E-state index contributed by atoms with van der Waals surface area (Å²) in [4.78, 5) is 4.81. The van der Waals surface area contributed by atoms with Crippen molar-refractivity contribution in [1.29, 1.82) is 0 Å². The van der Waals surface area contributed by atoms with Crippen molar-refractivity contribution in [2.75, 3.05) is 46.6 Å². The maximum absolute atomic E-state index is 5.50. The topological polar surface area (TPSA) is 54.9 Å². The lowest BCUT2D eigenvalue weighted by atomic mass is 9.91. The van der Waals surface area contributed by atoms with E-state index in [0.29, 0.717) is 32.9 Å². The van der Waals surface area contributed by atoms with E-state index < -0.39 is 0 Å². The Bertz CT molecular complexity index is 608. The molecule has 2 aromatic carbocycles. The van der Waals surface area contributed by atoms with E-state index in [0.717, 1.165) is 12.5 Å². The SMILES string of the molecule is CCNC(=NCC(c1ccccc1)c1ccccc1)NCCOCCOC. The zero-order valence-corrected chi connectivity index (χ0v) is 16.4. The van der Waals surface area contributed by atoms with E-state index in [-0.39, 0.29) is 5.92 Å². The molecule has 146 valence electrons. The highest BCUT2D eigenvalue weighted by molar-refractivity contribution is 5.79. The summed E-state index contributed by atoms with van der Waals surface area (Å²) in [5.41, 5.74) is 2.54. The summed E-state index contributed by atoms with van der Waals surface area (Å²) in [6, 6.07) is 21.1. The molecule has 0 fully saturated rings. The van der Waals surface area contributed by atoms with E-state index in [1.165, 1.54) is 11.1 Å². The monoisotopic (exact) mass is 369 g/mol. The van der Waals surface area contributed by atoms with Crippen LogP contribution in [0.3, 0.4) is 0 Å². The van der Waals surface area contributed by atoms with E-state index in [9.17, 15) is 0 Å². The zero-order valence-electron chi connectivity index (χ0n) is 16.4. The predicted octanol–water partition coefficient (Wildman–Crippen LogP) is 3.04. The third-order valence-corrected chi connectivity index (χ3v) is 4.15. The van der Waals surface area contributed by atoms with E-state index >= 15 is 0 Å². The molecule has 0 aliphatic heterocycles. The molecule has 5 nitrogen and oxygen atoms in total. The molecular formula is C22H31N3O2. The molecule has 0 bridgehead atoms. The fraction of sp³-hybridized carbons (Fsp3) is 0.409. The van der Waals surface area contributed by atoms with Gasteiger partial charge < -0.3 is 20.1 Å². The number of benzene rings is 2. The predicted molar refractivity (Wildman–Crippen MR) is 111 cm³/mol. The molecule has 0 heterocycles. The van der Waals surface area contributed by atoms with Crippen LogP contribution in [0.4, 0.5) is 0 Å². The van der Waals surface area contributed by atoms with Crippen LogP contribution < -0.4 is 10.6 Å². The second-order valence-electron chi connectivity index (χ2n) is 6.13. The van der Waals surface area contributed by atoms with Gasteiger partial charge >= 0.3 is 0 Å². The van der Waals surface area contributed by atoms with Crippen molar-refractivity contribution in [3.05, 3.63) is 71.8 Å². The molecular weight excluding hydrogens is 338 g/mol. The van der Waals surface area contributed by atoms with E-state index in [4.69, 9.17) is 14.5 Å². The van der Waals surface area contributed by atoms with Gasteiger partial charge in [0.05, 0.1) is 26.4 Å². The largest absolute Gasteiger partial charge is 0.382 e. The Kier molecular flexibility index (Phi) is 10.0. The number of guanidine groups is 1. The van der Waals surface area contributed by atoms with Crippen LogP contribution >= 0.6 is 0 Å². The number of nitrogens with zero attached hydrogens (tertiary/aromatic N) is 1. The average molecular weight is 370 g/mol. The number of hydrogen-bond donors (Lipinski definition) is 2. The number of methoxy groups -OCH3 is 1. The van der Waals surface area contributed by atoms with Crippen LogP contribution in [0.15, 0.2) is 65.7 Å². The van der Waals surface area contributed by atoms with Crippen molar-refractivity contribution < 1.29 is 9.47 Å². The lowest BCUT2D eigenvalue weighted by molar-refractivity contribution is 0.0733. The normalized spacial score (nSPS) is 11.6. The minimum Gasteiger partial charge on any atom is -0.382 e. The Morgan fingerprint density at radius 3 is 2.07 bits per heavy atom. The summed E-state index contributed by atoms with van der Waals surface area (Å²) in [6.45, 7) is 6.11. The van der Waals surface area contributed by atoms with Crippen molar-refractivity contribution in [3.63, 3.8) is 0 Å². The van der Waals surface area contributed by atoms with Gasteiger partial charge in [0, 0.05) is 26.1 Å². The van der Waals surface area contributed by atoms with Crippen LogP contribution in [0.5, 0.6) is 0 Å². The summed E-state index contributed by atoms with van der Waals surface area (Å²) < 4.78 is 10.5. The first-order valence-corrected chi connectivity index (χ1v) is 9.54. The summed E-state index contributed by atoms with van der Waals surface area (Å²) in [6.07, 6.45) is 0. The second kappa shape index (κ2) is 12.9. The molecule has 0 spiro atoms. The Labute approximate surface area is 162 Å². The van der Waals surface area contributed by atoms with Gasteiger partial charge in [0.2, 0.25) is 0 Å². The Morgan fingerprint density at radius 1 is 0.889 bits per heavy atom. The Balaban J connectivity index is 2.00. The second-order valence-corrected chi connectivity index (χ2v) is 6.13. The summed E-state index contributed by atoms with van der Waals surface area (Å²) >= 11 is 0. The molecule has 0 saturated heterocycles. The zero-order chi connectivity index (χ0) is 19.2. The molecule has 0 radical (unpaired) electrons. The highest BCUT2D eigenvalue weighted by Crippen LogP contribution is 2.24. The standard InChI is InChI=1S/C22H31N3O2/c1-3-23-22(24-14-15-27-17-16-26-2)25-18-21(19-10-6-4-7-11-19)20-12-8-5-9-13-20/h4-13,21H,3,14-18H2,1-2H3,(H2,23,24,25). The van der Waals surface area contributed by atoms with Crippen LogP contribution in [-0.4, -0.2) is 52.5 Å². The first-order chi connectivity index (χ1) is 13.3. The molecule has 0 saturated carbocycles. The van der Waals surface area contributed by atoms with Gasteiger partial charge in [0.1, 0.15) is 0 Å². The first kappa shape index (κ1) is 20.9. The van der Waals surface area contributed by atoms with Gasteiger partial charge in [-0.15, -0.1) is 0 Å². The van der Waals surface area contributed by atoms with Gasteiger partial charge in [-0.25, -0.2) is 0 Å². The molecule has 2 N–H and O–H groups in total. The van der Waals surface area contributed by atoms with Crippen LogP contribution in [0.25, 0.3) is 0 Å². The molecule has 0 aliphatic rings. The molecule has 0 amide bonds. The Morgan fingerprint density at radius 2 is 1.52 bits per heavy atom. The smallest absolute Gasteiger partial charge is 0.191 e. The number of nitrogens with one attached hydrogen (secondary N) is 2. The van der Waals surface area contributed by atoms with E-state index in [1.807, 2.05) is 12.1 Å². The summed E-state index contributed by atoms with van der Waals surface area (Å²) in [7, 11) is 1.67. The highest BCUT2D eigenvalue weighted by Gasteiger charge is 2.13. The number of aliphatic imine (C=N–C) groups is 1. The molecule has 2 rings (SSSR count). The minimum absolute atomic E-state index is 0.223. The van der Waals surface area contributed by atoms with Crippen molar-refractivity contribution >= 4 is 5.96 Å². The molecule has 27 heavy (non-hydrogen) atoms. The number of hydrogen-bond acceptors (Lipinski definition) is 3. The first-order valence-electron chi connectivity index (χ1n) is 9.54. The molecule has 0 aromatic heterocycles. The summed E-state index contributed by atoms with van der Waals surface area (Å²) in [5, 5.41) is 6.63. The summed E-state index contributed by atoms with van der Waals surface area (Å²) in [5.74, 6) is 1.03. The van der Waals surface area contributed by atoms with Gasteiger partial charge in [-0.05, 0) is 18.1 Å². The fourth-order valence-corrected chi connectivity index (χ4v) is 2.78. The molecule has 5 heteroatoms. The lowest BCUT2D eigenvalue weighted by Gasteiger charge is -2.18. The highest BCUT2D eigenvalue weighted by atomic mass is 16.5. The molecule has 0 aliphatic carbocycles. The number of rotatable bonds is 11. The quantitative estimate of drug-likeness (QED) is 0.363. The van der Waals surface area contributed by atoms with Crippen LogP contribution in [-0.2, 0) is 9.47 Å². The van der Waals surface area contributed by atoms with E-state index in [2.05, 4.69) is 66.1 Å². The molecule has 0 unspecified atom stereocenters. The minimum atomic E-state index is 0.223. The molecule has 2 aromatic rings. The van der Waals surface area contributed by atoms with Gasteiger partial charge in [0.25, 0.3) is 0 Å². The molecule has 0 atom stereocenters. The maximum atomic E-state index is 5.50. The van der Waals surface area contributed by atoms with Gasteiger partial charge in [-0.1, -0.05) is 60.7 Å². The third-order valence-electron chi connectivity index (χ3n) is 4.15. The average Bonchev–Trinajstić information content (AvgIpc) is 2.72. The van der Waals surface area contributed by atoms with Gasteiger partial charge in [-0.2, -0.15) is 0 Å². The van der Waals surface area contributed by atoms with Gasteiger partial charge in [-0.3, -0.25) is 4.99 Å². The Hall–Kier alpha value is -2.37. The lowest BCUT2D eigenvalue weighted by Crippen LogP contribution is -2.39. The van der Waals surface area contributed by atoms with Gasteiger partial charge in [0.15, 0.2) is 5.96 Å². The number of ether oxygens (including phenoxy) is 2. The third kappa shape index (κ3) is 7.81. The van der Waals surface area contributed by atoms with Crippen molar-refractivity contribution in [1.82, 2.24) is 10.6 Å². The maximum Gasteiger partial charge on any atom is 0.191 e. The van der Waals surface area contributed by atoms with Crippen molar-refractivity contribution in [2.24, 2.45) is 4.99 Å². The van der Waals surface area contributed by atoms with Crippen LogP contribution in [0.1, 0.15) is 24.0 Å².